The van der Waals surface area contributed by atoms with Crippen LogP contribution in [0.5, 0.6) is 0 Å². The Bertz CT molecular complexity index is 492. The van der Waals surface area contributed by atoms with Gasteiger partial charge in [-0.15, -0.1) is 0 Å². The van der Waals surface area contributed by atoms with Crippen molar-refractivity contribution in [1.29, 1.82) is 0 Å². The van der Waals surface area contributed by atoms with Crippen molar-refractivity contribution in [3.63, 3.8) is 0 Å². The van der Waals surface area contributed by atoms with E-state index >= 15 is 0 Å². The van der Waals surface area contributed by atoms with Crippen LogP contribution in [0.3, 0.4) is 0 Å². The van der Waals surface area contributed by atoms with E-state index in [1.54, 1.807) is 39.0 Å². The van der Waals surface area contributed by atoms with Crippen molar-refractivity contribution >= 4 is 23.5 Å². The first kappa shape index (κ1) is 15.5. The highest BCUT2D eigenvalue weighted by atomic mass is 35.5. The fraction of sp³-hybridized carbons (Fsp3) is 0.429. The Morgan fingerprint density at radius 1 is 1.32 bits per heavy atom. The Labute approximate surface area is 118 Å². The molecular weight excluding hydrogens is 266 g/mol. The first-order valence-corrected chi connectivity index (χ1v) is 6.33. The summed E-state index contributed by atoms with van der Waals surface area (Å²) in [6.45, 7) is 7.00. The lowest BCUT2D eigenvalue weighted by Gasteiger charge is -2.19. The second kappa shape index (κ2) is 6.06. The van der Waals surface area contributed by atoms with E-state index in [1.807, 2.05) is 6.92 Å². The zero-order valence-corrected chi connectivity index (χ0v) is 12.3. The number of nitrogens with one attached hydrogen (secondary N) is 1. The molecule has 0 saturated carbocycles. The van der Waals surface area contributed by atoms with Crippen molar-refractivity contribution in [3.05, 3.63) is 34.3 Å². The quantitative estimate of drug-likeness (QED) is 0.868. The van der Waals surface area contributed by atoms with Gasteiger partial charge >= 0.3 is 5.97 Å². The molecule has 19 heavy (non-hydrogen) atoms. The molecule has 0 aromatic heterocycles. The molecule has 0 aliphatic heterocycles. The van der Waals surface area contributed by atoms with Crippen molar-refractivity contribution in [2.75, 3.05) is 6.54 Å². The number of aryl methyl sites for hydroxylation is 1. The van der Waals surface area contributed by atoms with Crippen molar-refractivity contribution in [3.8, 4) is 0 Å². The zero-order chi connectivity index (χ0) is 14.6. The number of amides is 1. The van der Waals surface area contributed by atoms with Gasteiger partial charge in [0.1, 0.15) is 12.1 Å². The standard InChI is InChI=1S/C14H18ClNO3/c1-9-5-6-10(7-11(9)15)13(18)16-8-12(17)19-14(2,3)4/h5-7H,8H2,1-4H3,(H,16,18). The summed E-state index contributed by atoms with van der Waals surface area (Å²) in [6.07, 6.45) is 0. The molecule has 0 radical (unpaired) electrons. The minimum absolute atomic E-state index is 0.165. The maximum Gasteiger partial charge on any atom is 0.325 e. The number of hydrogen-bond acceptors (Lipinski definition) is 3. The van der Waals surface area contributed by atoms with Gasteiger partial charge in [0.05, 0.1) is 0 Å². The molecule has 0 atom stereocenters. The molecule has 1 amide bonds. The average Bonchev–Trinajstić information content (AvgIpc) is 2.27. The molecule has 0 heterocycles. The minimum atomic E-state index is -0.561. The molecule has 0 unspecified atom stereocenters. The molecule has 0 saturated heterocycles. The zero-order valence-electron chi connectivity index (χ0n) is 11.5. The van der Waals surface area contributed by atoms with E-state index in [0.717, 1.165) is 5.56 Å². The number of halogens is 1. The van der Waals surface area contributed by atoms with Crippen LogP contribution in [0.15, 0.2) is 18.2 Å². The monoisotopic (exact) mass is 283 g/mol. The summed E-state index contributed by atoms with van der Waals surface area (Å²) < 4.78 is 5.09. The lowest BCUT2D eigenvalue weighted by atomic mass is 10.1. The predicted octanol–water partition coefficient (Wildman–Crippen LogP) is 2.72. The lowest BCUT2D eigenvalue weighted by Crippen LogP contribution is -2.34. The average molecular weight is 284 g/mol. The van der Waals surface area contributed by atoms with Crippen LogP contribution in [0.2, 0.25) is 5.02 Å². The molecule has 0 bridgehead atoms. The Morgan fingerprint density at radius 2 is 1.95 bits per heavy atom. The van der Waals surface area contributed by atoms with Gasteiger partial charge in [-0.05, 0) is 45.4 Å². The third kappa shape index (κ3) is 5.30. The molecule has 104 valence electrons. The van der Waals surface area contributed by atoms with Gasteiger partial charge in [0.25, 0.3) is 5.91 Å². The normalized spacial score (nSPS) is 11.0. The molecule has 0 fully saturated rings. The molecular formula is C14H18ClNO3. The highest BCUT2D eigenvalue weighted by Gasteiger charge is 2.17. The first-order chi connectivity index (χ1) is 8.69. The summed E-state index contributed by atoms with van der Waals surface area (Å²) >= 11 is 5.94. The number of benzene rings is 1. The van der Waals surface area contributed by atoms with E-state index in [2.05, 4.69) is 5.32 Å². The van der Waals surface area contributed by atoms with Gasteiger partial charge < -0.3 is 10.1 Å². The number of carbonyl (C=O) groups excluding carboxylic acids is 2. The maximum atomic E-state index is 11.8. The van der Waals surface area contributed by atoms with E-state index in [-0.39, 0.29) is 12.5 Å². The van der Waals surface area contributed by atoms with Crippen LogP contribution in [0.4, 0.5) is 0 Å². The van der Waals surface area contributed by atoms with Gasteiger partial charge in [0.15, 0.2) is 0 Å². The highest BCUT2D eigenvalue weighted by Crippen LogP contribution is 2.16. The van der Waals surface area contributed by atoms with Gasteiger partial charge in [-0.25, -0.2) is 0 Å². The SMILES string of the molecule is Cc1ccc(C(=O)NCC(=O)OC(C)(C)C)cc1Cl. The summed E-state index contributed by atoms with van der Waals surface area (Å²) in [5.74, 6) is -0.827. The summed E-state index contributed by atoms with van der Waals surface area (Å²) in [5.41, 5.74) is 0.749. The third-order valence-electron chi connectivity index (χ3n) is 2.25. The molecule has 4 nitrogen and oxygen atoms in total. The predicted molar refractivity (Wildman–Crippen MR) is 74.4 cm³/mol. The summed E-state index contributed by atoms with van der Waals surface area (Å²) in [4.78, 5) is 23.3. The summed E-state index contributed by atoms with van der Waals surface area (Å²) in [7, 11) is 0. The smallest absolute Gasteiger partial charge is 0.325 e. The third-order valence-corrected chi connectivity index (χ3v) is 2.65. The van der Waals surface area contributed by atoms with Gasteiger partial charge in [-0.1, -0.05) is 17.7 Å². The van der Waals surface area contributed by atoms with Gasteiger partial charge in [0, 0.05) is 10.6 Å². The minimum Gasteiger partial charge on any atom is -0.459 e. The van der Waals surface area contributed by atoms with Crippen molar-refractivity contribution in [2.45, 2.75) is 33.3 Å². The maximum absolute atomic E-state index is 11.8. The van der Waals surface area contributed by atoms with Gasteiger partial charge in [-0.2, -0.15) is 0 Å². The number of ether oxygens (including phenoxy) is 1. The Hall–Kier alpha value is -1.55. The van der Waals surface area contributed by atoms with E-state index in [9.17, 15) is 9.59 Å². The van der Waals surface area contributed by atoms with E-state index in [4.69, 9.17) is 16.3 Å². The van der Waals surface area contributed by atoms with Crippen LogP contribution in [0.25, 0.3) is 0 Å². The fourth-order valence-electron chi connectivity index (χ4n) is 1.37. The van der Waals surface area contributed by atoms with Crippen LogP contribution in [0.1, 0.15) is 36.7 Å². The molecule has 1 aromatic carbocycles. The molecule has 0 spiro atoms. The number of carbonyl (C=O) groups is 2. The van der Waals surface area contributed by atoms with E-state index in [1.165, 1.54) is 0 Å². The highest BCUT2D eigenvalue weighted by molar-refractivity contribution is 6.31. The number of rotatable bonds is 3. The largest absolute Gasteiger partial charge is 0.459 e. The van der Waals surface area contributed by atoms with Crippen LogP contribution >= 0.6 is 11.6 Å². The Morgan fingerprint density at radius 3 is 2.47 bits per heavy atom. The Balaban J connectivity index is 2.56. The van der Waals surface area contributed by atoms with Crippen LogP contribution < -0.4 is 5.32 Å². The summed E-state index contributed by atoms with van der Waals surface area (Å²) in [5, 5.41) is 3.01. The number of hydrogen-bond donors (Lipinski definition) is 1. The van der Waals surface area contributed by atoms with Crippen LogP contribution in [0, 0.1) is 6.92 Å². The topological polar surface area (TPSA) is 55.4 Å². The van der Waals surface area contributed by atoms with Crippen molar-refractivity contribution in [1.82, 2.24) is 5.32 Å². The van der Waals surface area contributed by atoms with E-state index < -0.39 is 11.6 Å². The molecule has 1 rings (SSSR count). The number of esters is 1. The van der Waals surface area contributed by atoms with Gasteiger partial charge in [0.2, 0.25) is 0 Å². The Kier molecular flexibility index (Phi) is 4.95. The molecule has 0 aliphatic carbocycles. The van der Waals surface area contributed by atoms with Crippen molar-refractivity contribution < 1.29 is 14.3 Å². The van der Waals surface area contributed by atoms with Crippen LogP contribution in [-0.2, 0) is 9.53 Å². The van der Waals surface area contributed by atoms with E-state index in [0.29, 0.717) is 10.6 Å². The lowest BCUT2D eigenvalue weighted by molar-refractivity contribution is -0.153. The molecule has 1 aromatic rings. The molecule has 0 aliphatic rings. The van der Waals surface area contributed by atoms with Gasteiger partial charge in [-0.3, -0.25) is 9.59 Å². The second-order valence-electron chi connectivity index (χ2n) is 5.23. The first-order valence-electron chi connectivity index (χ1n) is 5.95. The summed E-state index contributed by atoms with van der Waals surface area (Å²) in [6, 6.07) is 4.98. The molecule has 1 N–H and O–H groups in total. The molecule has 5 heteroatoms. The second-order valence-corrected chi connectivity index (χ2v) is 5.64. The van der Waals surface area contributed by atoms with Crippen LogP contribution in [-0.4, -0.2) is 24.0 Å². The fourth-order valence-corrected chi connectivity index (χ4v) is 1.55. The van der Waals surface area contributed by atoms with Crippen molar-refractivity contribution in [2.24, 2.45) is 0 Å².